The Labute approximate surface area is 105 Å². The average molecular weight is 250 g/mol. The number of Topliss-reactive ketones (excluding diaryl/α,β-unsaturated/α-hetero) is 1. The van der Waals surface area contributed by atoms with Crippen LogP contribution < -0.4 is 0 Å². The van der Waals surface area contributed by atoms with Gasteiger partial charge in [-0.3, -0.25) is 14.4 Å². The van der Waals surface area contributed by atoms with Gasteiger partial charge in [-0.1, -0.05) is 25.3 Å². The number of ketones is 1. The highest BCUT2D eigenvalue weighted by molar-refractivity contribution is 6.07. The van der Waals surface area contributed by atoms with E-state index in [-0.39, 0.29) is 11.5 Å². The summed E-state index contributed by atoms with van der Waals surface area (Å²) in [6.45, 7) is 9.07. The molecule has 0 aliphatic carbocycles. The number of hydrogen-bond acceptors (Lipinski definition) is 5. The van der Waals surface area contributed by atoms with Gasteiger partial charge in [-0.15, -0.1) is 0 Å². The molecule has 5 heteroatoms. The fraction of sp³-hybridized carbons (Fsp3) is 0.154. The number of rotatable bonds is 6. The lowest BCUT2D eigenvalue weighted by atomic mass is 10.2. The van der Waals surface area contributed by atoms with E-state index >= 15 is 0 Å². The van der Waals surface area contributed by atoms with Crippen LogP contribution in [0.3, 0.4) is 0 Å². The largest absolute Gasteiger partial charge is 0.422 e. The van der Waals surface area contributed by atoms with Crippen LogP contribution in [-0.4, -0.2) is 17.7 Å². The van der Waals surface area contributed by atoms with Crippen LogP contribution in [0.1, 0.15) is 13.8 Å². The Bertz CT molecular complexity index is 400. The van der Waals surface area contributed by atoms with Crippen molar-refractivity contribution in [1.82, 2.24) is 0 Å². The molecule has 0 aromatic carbocycles. The molecular weight excluding hydrogens is 236 g/mol. The number of allylic oxidation sites excluding steroid dienone is 4. The minimum Gasteiger partial charge on any atom is -0.422 e. The van der Waals surface area contributed by atoms with E-state index in [1.165, 1.54) is 24.3 Å². The van der Waals surface area contributed by atoms with Crippen LogP contribution in [0.4, 0.5) is 0 Å². The number of carbonyl (C=O) groups is 3. The van der Waals surface area contributed by atoms with Gasteiger partial charge in [0.15, 0.2) is 11.5 Å². The van der Waals surface area contributed by atoms with E-state index in [9.17, 15) is 14.4 Å². The van der Waals surface area contributed by atoms with E-state index in [1.807, 2.05) is 0 Å². The van der Waals surface area contributed by atoms with Crippen LogP contribution in [0.15, 0.2) is 49.0 Å². The van der Waals surface area contributed by atoms with Crippen LogP contribution in [0.25, 0.3) is 0 Å². The van der Waals surface area contributed by atoms with E-state index < -0.39 is 17.7 Å². The molecule has 18 heavy (non-hydrogen) atoms. The number of esters is 2. The van der Waals surface area contributed by atoms with Gasteiger partial charge in [0, 0.05) is 13.8 Å². The zero-order valence-electron chi connectivity index (χ0n) is 10.3. The van der Waals surface area contributed by atoms with Gasteiger partial charge in [-0.2, -0.15) is 0 Å². The lowest BCUT2D eigenvalue weighted by Crippen LogP contribution is -2.15. The third-order valence-electron chi connectivity index (χ3n) is 1.49. The maximum atomic E-state index is 11.9. The molecule has 0 saturated carbocycles. The van der Waals surface area contributed by atoms with Crippen LogP contribution >= 0.6 is 0 Å². The second-order valence-electron chi connectivity index (χ2n) is 3.05. The molecule has 0 aliphatic heterocycles. The highest BCUT2D eigenvalue weighted by Crippen LogP contribution is 2.11. The maximum absolute atomic E-state index is 11.9. The Morgan fingerprint density at radius 1 is 0.833 bits per heavy atom. The first-order valence-electron chi connectivity index (χ1n) is 4.99. The predicted octanol–water partition coefficient (Wildman–Crippen LogP) is 1.82. The third-order valence-corrected chi connectivity index (χ3v) is 1.49. The Kier molecular flexibility index (Phi) is 6.73. The van der Waals surface area contributed by atoms with Gasteiger partial charge in [0.05, 0.1) is 0 Å². The van der Waals surface area contributed by atoms with E-state index in [2.05, 4.69) is 13.2 Å². The molecule has 96 valence electrons. The minimum absolute atomic E-state index is 0.285. The van der Waals surface area contributed by atoms with Crippen molar-refractivity contribution in [2.75, 3.05) is 0 Å². The average Bonchev–Trinajstić information content (AvgIpc) is 2.26. The summed E-state index contributed by atoms with van der Waals surface area (Å²) in [5.74, 6) is -2.66. The third kappa shape index (κ3) is 5.60. The van der Waals surface area contributed by atoms with Crippen molar-refractivity contribution in [3.05, 3.63) is 49.0 Å². The van der Waals surface area contributed by atoms with Crippen molar-refractivity contribution in [2.24, 2.45) is 0 Å². The van der Waals surface area contributed by atoms with Gasteiger partial charge in [0.1, 0.15) is 0 Å². The molecule has 0 atom stereocenters. The first-order chi connectivity index (χ1) is 8.42. The summed E-state index contributed by atoms with van der Waals surface area (Å²) in [5.41, 5.74) is 0. The van der Waals surface area contributed by atoms with Crippen molar-refractivity contribution in [1.29, 1.82) is 0 Å². The number of ether oxygens (including phenoxy) is 2. The van der Waals surface area contributed by atoms with Crippen LogP contribution in [0.5, 0.6) is 0 Å². The topological polar surface area (TPSA) is 69.7 Å². The van der Waals surface area contributed by atoms with Crippen molar-refractivity contribution >= 4 is 17.7 Å². The fourth-order valence-corrected chi connectivity index (χ4v) is 0.957. The van der Waals surface area contributed by atoms with E-state index in [4.69, 9.17) is 9.47 Å². The highest BCUT2D eigenvalue weighted by Gasteiger charge is 2.20. The van der Waals surface area contributed by atoms with E-state index in [0.29, 0.717) is 0 Å². The molecule has 0 N–H and O–H groups in total. The SMILES string of the molecule is C=CC=C(OC(C)=O)C(=O)C(=CC=C)OC(C)=O. The molecule has 0 fully saturated rings. The summed E-state index contributed by atoms with van der Waals surface area (Å²) in [5, 5.41) is 0. The van der Waals surface area contributed by atoms with Crippen molar-refractivity contribution < 1.29 is 23.9 Å². The molecule has 0 amide bonds. The smallest absolute Gasteiger partial charge is 0.308 e. The highest BCUT2D eigenvalue weighted by atomic mass is 16.6. The zero-order valence-corrected chi connectivity index (χ0v) is 10.3. The van der Waals surface area contributed by atoms with Gasteiger partial charge in [0.2, 0.25) is 0 Å². The zero-order chi connectivity index (χ0) is 14.1. The normalized spacial score (nSPS) is 11.4. The van der Waals surface area contributed by atoms with Crippen LogP contribution in [0, 0.1) is 0 Å². The van der Waals surface area contributed by atoms with Gasteiger partial charge < -0.3 is 9.47 Å². The quantitative estimate of drug-likeness (QED) is 0.311. The standard InChI is InChI=1S/C13H14O5/c1-5-7-11(17-9(3)14)13(16)12(8-6-2)18-10(4)15/h5-8H,1-2H2,3-4H3. The molecule has 0 radical (unpaired) electrons. The Hall–Kier alpha value is -2.43. The molecular formula is C13H14O5. The lowest BCUT2D eigenvalue weighted by Gasteiger charge is -2.08. The molecule has 0 spiro atoms. The number of carbonyl (C=O) groups excluding carboxylic acids is 3. The Morgan fingerprint density at radius 2 is 1.17 bits per heavy atom. The van der Waals surface area contributed by atoms with Crippen molar-refractivity contribution in [3.8, 4) is 0 Å². The molecule has 5 nitrogen and oxygen atoms in total. The molecule has 0 aromatic rings. The minimum atomic E-state index is -0.750. The van der Waals surface area contributed by atoms with Gasteiger partial charge in [0.25, 0.3) is 5.78 Å². The van der Waals surface area contributed by atoms with Crippen LogP contribution in [0.2, 0.25) is 0 Å². The van der Waals surface area contributed by atoms with Crippen LogP contribution in [-0.2, 0) is 23.9 Å². The summed E-state index contributed by atoms with van der Waals surface area (Å²) in [7, 11) is 0. The Morgan fingerprint density at radius 3 is 1.39 bits per heavy atom. The van der Waals surface area contributed by atoms with E-state index in [0.717, 1.165) is 13.8 Å². The molecule has 0 aliphatic rings. The second kappa shape index (κ2) is 7.78. The maximum Gasteiger partial charge on any atom is 0.308 e. The molecule has 0 heterocycles. The molecule has 0 rings (SSSR count). The van der Waals surface area contributed by atoms with Gasteiger partial charge in [-0.25, -0.2) is 0 Å². The monoisotopic (exact) mass is 250 g/mol. The van der Waals surface area contributed by atoms with Gasteiger partial charge >= 0.3 is 11.9 Å². The van der Waals surface area contributed by atoms with Crippen molar-refractivity contribution in [3.63, 3.8) is 0 Å². The van der Waals surface area contributed by atoms with E-state index in [1.54, 1.807) is 0 Å². The summed E-state index contributed by atoms with van der Waals surface area (Å²) in [4.78, 5) is 33.6. The summed E-state index contributed by atoms with van der Waals surface area (Å²) in [6.07, 6.45) is 4.94. The molecule has 0 aromatic heterocycles. The number of hydrogen-bond donors (Lipinski definition) is 0. The molecule has 0 unspecified atom stereocenters. The predicted molar refractivity (Wildman–Crippen MR) is 65.1 cm³/mol. The first-order valence-corrected chi connectivity index (χ1v) is 4.99. The lowest BCUT2D eigenvalue weighted by molar-refractivity contribution is -0.142. The second-order valence-corrected chi connectivity index (χ2v) is 3.05. The van der Waals surface area contributed by atoms with Crippen molar-refractivity contribution in [2.45, 2.75) is 13.8 Å². The summed E-state index contributed by atoms with van der Waals surface area (Å²) in [6, 6.07) is 0. The molecule has 0 saturated heterocycles. The fourth-order valence-electron chi connectivity index (χ4n) is 0.957. The van der Waals surface area contributed by atoms with Gasteiger partial charge in [-0.05, 0) is 12.2 Å². The molecule has 0 bridgehead atoms. The first kappa shape index (κ1) is 15.6. The summed E-state index contributed by atoms with van der Waals surface area (Å²) >= 11 is 0. The Balaban J connectivity index is 5.25. The summed E-state index contributed by atoms with van der Waals surface area (Å²) < 4.78 is 9.39.